The number of aryl methyl sites for hydroxylation is 1. The average molecular weight is 486 g/mol. The molecule has 6 nitrogen and oxygen atoms in total. The highest BCUT2D eigenvalue weighted by Gasteiger charge is 2.25. The first-order chi connectivity index (χ1) is 17.2. The van der Waals surface area contributed by atoms with Crippen molar-refractivity contribution in [2.45, 2.75) is 32.7 Å². The second kappa shape index (κ2) is 8.59. The number of nitrogens with zero attached hydrogens (tertiary/aromatic N) is 3. The van der Waals surface area contributed by atoms with Crippen LogP contribution in [0.1, 0.15) is 29.6 Å². The topological polar surface area (TPSA) is 60.6 Å². The Morgan fingerprint density at radius 2 is 1.91 bits per heavy atom. The van der Waals surface area contributed by atoms with Crippen LogP contribution < -0.4 is 4.74 Å². The Balaban J connectivity index is 1.32. The van der Waals surface area contributed by atoms with Gasteiger partial charge in [-0.15, -0.1) is 11.3 Å². The van der Waals surface area contributed by atoms with E-state index in [0.29, 0.717) is 18.3 Å². The van der Waals surface area contributed by atoms with Gasteiger partial charge in [0, 0.05) is 28.7 Å². The van der Waals surface area contributed by atoms with Gasteiger partial charge in [0.1, 0.15) is 27.6 Å². The van der Waals surface area contributed by atoms with Gasteiger partial charge in [0.2, 0.25) is 5.88 Å². The van der Waals surface area contributed by atoms with Crippen LogP contribution in [0.15, 0.2) is 46.9 Å². The van der Waals surface area contributed by atoms with E-state index in [9.17, 15) is 0 Å². The number of morpholine rings is 1. The lowest BCUT2D eigenvalue weighted by Crippen LogP contribution is -2.36. The fourth-order valence-electron chi connectivity index (χ4n) is 5.34. The van der Waals surface area contributed by atoms with Gasteiger partial charge < -0.3 is 13.9 Å². The van der Waals surface area contributed by atoms with Crippen molar-refractivity contribution in [2.24, 2.45) is 5.92 Å². The molecule has 0 radical (unpaired) electrons. The molecule has 5 aromatic rings. The van der Waals surface area contributed by atoms with E-state index in [2.05, 4.69) is 24.0 Å². The number of hydrogen-bond acceptors (Lipinski definition) is 7. The van der Waals surface area contributed by atoms with E-state index < -0.39 is 0 Å². The Bertz CT molecular complexity index is 1550. The predicted octanol–water partition coefficient (Wildman–Crippen LogP) is 6.34. The molecule has 0 unspecified atom stereocenters. The monoisotopic (exact) mass is 485 g/mol. The summed E-state index contributed by atoms with van der Waals surface area (Å²) in [4.78, 5) is 14.8. The molecule has 2 aliphatic rings. The van der Waals surface area contributed by atoms with Gasteiger partial charge in [-0.05, 0) is 55.0 Å². The van der Waals surface area contributed by atoms with Gasteiger partial charge >= 0.3 is 0 Å². The zero-order valence-electron chi connectivity index (χ0n) is 19.8. The lowest BCUT2D eigenvalue weighted by atomic mass is 9.89. The molecule has 2 aromatic carbocycles. The third-order valence-electron chi connectivity index (χ3n) is 7.20. The van der Waals surface area contributed by atoms with E-state index in [1.54, 1.807) is 0 Å². The average Bonchev–Trinajstić information content (AvgIpc) is 3.42. The lowest BCUT2D eigenvalue weighted by molar-refractivity contribution is 0.0330. The Hall–Kier alpha value is -3.00. The number of rotatable bonds is 4. The third kappa shape index (κ3) is 3.88. The second-order valence-corrected chi connectivity index (χ2v) is 10.8. The van der Waals surface area contributed by atoms with Gasteiger partial charge in [-0.2, -0.15) is 4.98 Å². The van der Waals surface area contributed by atoms with Crippen LogP contribution in [0, 0.1) is 5.92 Å². The van der Waals surface area contributed by atoms with Crippen molar-refractivity contribution >= 4 is 43.5 Å². The minimum atomic E-state index is 0.678. The molecule has 1 aliphatic heterocycles. The summed E-state index contributed by atoms with van der Waals surface area (Å²) in [6.07, 6.45) is 3.37. The fourth-order valence-corrected chi connectivity index (χ4v) is 6.73. The van der Waals surface area contributed by atoms with E-state index in [0.717, 1.165) is 82.9 Å². The van der Waals surface area contributed by atoms with Crippen molar-refractivity contribution in [3.63, 3.8) is 0 Å². The van der Waals surface area contributed by atoms with E-state index in [-0.39, 0.29) is 0 Å². The zero-order valence-corrected chi connectivity index (χ0v) is 20.6. The van der Waals surface area contributed by atoms with Crippen molar-refractivity contribution in [2.75, 3.05) is 26.3 Å². The number of thiophene rings is 1. The van der Waals surface area contributed by atoms with Crippen LogP contribution in [-0.4, -0.2) is 41.2 Å². The SMILES string of the molecule is C[C@H]1CCc2c(sc3nc(CN4CCOCC4)nc(Oc4ccc5oc6ccccc6c5c4)c23)C1. The van der Waals surface area contributed by atoms with Crippen LogP contribution >= 0.6 is 11.3 Å². The summed E-state index contributed by atoms with van der Waals surface area (Å²) in [5.41, 5.74) is 3.13. The van der Waals surface area contributed by atoms with E-state index in [1.807, 2.05) is 41.7 Å². The molecular weight excluding hydrogens is 458 g/mol. The van der Waals surface area contributed by atoms with Crippen molar-refractivity contribution in [3.05, 3.63) is 58.7 Å². The Kier molecular flexibility index (Phi) is 5.23. The largest absolute Gasteiger partial charge is 0.456 e. The fraction of sp³-hybridized carbons (Fsp3) is 0.357. The number of benzene rings is 2. The van der Waals surface area contributed by atoms with Crippen LogP contribution in [0.3, 0.4) is 0 Å². The summed E-state index contributed by atoms with van der Waals surface area (Å²) < 4.78 is 18.1. The molecular formula is C28H27N3O3S. The smallest absolute Gasteiger partial charge is 0.231 e. The van der Waals surface area contributed by atoms with Crippen LogP contribution in [0.2, 0.25) is 0 Å². The summed E-state index contributed by atoms with van der Waals surface area (Å²) in [5.74, 6) is 2.97. The quantitative estimate of drug-likeness (QED) is 0.296. The standard InChI is InChI=1S/C28H27N3O3S/c1-17-6-8-20-24(14-17)35-28-26(20)27(29-25(30-28)16-31-10-12-32-13-11-31)33-18-7-9-23-21(15-18)19-4-2-3-5-22(19)34-23/h2-5,7,9,15,17H,6,8,10-14,16H2,1H3/t17-/m0/s1. The molecule has 1 saturated heterocycles. The molecule has 1 aliphatic carbocycles. The van der Waals surface area contributed by atoms with E-state index >= 15 is 0 Å². The van der Waals surface area contributed by atoms with Gasteiger partial charge in [-0.1, -0.05) is 25.1 Å². The minimum Gasteiger partial charge on any atom is -0.456 e. The Labute approximate surface area is 207 Å². The van der Waals surface area contributed by atoms with Gasteiger partial charge in [-0.3, -0.25) is 4.90 Å². The highest BCUT2D eigenvalue weighted by molar-refractivity contribution is 7.18. The van der Waals surface area contributed by atoms with Crippen LogP contribution in [0.25, 0.3) is 32.2 Å². The minimum absolute atomic E-state index is 0.678. The molecule has 4 heterocycles. The highest BCUT2D eigenvalue weighted by Crippen LogP contribution is 2.42. The third-order valence-corrected chi connectivity index (χ3v) is 8.35. The lowest BCUT2D eigenvalue weighted by Gasteiger charge is -2.25. The maximum atomic E-state index is 6.57. The normalized spacial score (nSPS) is 18.9. The summed E-state index contributed by atoms with van der Waals surface area (Å²) in [6, 6.07) is 14.2. The summed E-state index contributed by atoms with van der Waals surface area (Å²) in [7, 11) is 0. The van der Waals surface area contributed by atoms with E-state index in [4.69, 9.17) is 23.9 Å². The molecule has 178 valence electrons. The highest BCUT2D eigenvalue weighted by atomic mass is 32.1. The molecule has 35 heavy (non-hydrogen) atoms. The van der Waals surface area contributed by atoms with Crippen LogP contribution in [0.5, 0.6) is 11.6 Å². The van der Waals surface area contributed by atoms with Crippen molar-refractivity contribution < 1.29 is 13.9 Å². The predicted molar refractivity (Wildman–Crippen MR) is 138 cm³/mol. The molecule has 0 saturated carbocycles. The number of para-hydroxylation sites is 1. The molecule has 7 heteroatoms. The van der Waals surface area contributed by atoms with Gasteiger partial charge in [-0.25, -0.2) is 4.98 Å². The molecule has 0 amide bonds. The summed E-state index contributed by atoms with van der Waals surface area (Å²) in [6.45, 7) is 6.37. The number of fused-ring (bicyclic) bond motifs is 6. The molecule has 7 rings (SSSR count). The number of ether oxygens (including phenoxy) is 2. The number of furan rings is 1. The maximum absolute atomic E-state index is 6.57. The molecule has 1 atom stereocenters. The van der Waals surface area contributed by atoms with Gasteiger partial charge in [0.05, 0.1) is 25.1 Å². The van der Waals surface area contributed by atoms with Crippen LogP contribution in [-0.2, 0) is 24.1 Å². The summed E-state index contributed by atoms with van der Waals surface area (Å²) in [5, 5.41) is 3.24. The molecule has 0 N–H and O–H groups in total. The van der Waals surface area contributed by atoms with E-state index in [1.165, 1.54) is 16.9 Å². The first kappa shape index (κ1) is 21.3. The molecule has 0 spiro atoms. The van der Waals surface area contributed by atoms with Crippen molar-refractivity contribution in [1.82, 2.24) is 14.9 Å². The number of aromatic nitrogens is 2. The maximum Gasteiger partial charge on any atom is 0.231 e. The number of hydrogen-bond donors (Lipinski definition) is 0. The molecule has 1 fully saturated rings. The Morgan fingerprint density at radius 3 is 2.83 bits per heavy atom. The van der Waals surface area contributed by atoms with Crippen molar-refractivity contribution in [3.8, 4) is 11.6 Å². The zero-order chi connectivity index (χ0) is 23.4. The Morgan fingerprint density at radius 1 is 1.06 bits per heavy atom. The van der Waals surface area contributed by atoms with Gasteiger partial charge in [0.15, 0.2) is 0 Å². The first-order valence-corrected chi connectivity index (χ1v) is 13.2. The van der Waals surface area contributed by atoms with Crippen molar-refractivity contribution in [1.29, 1.82) is 0 Å². The molecule has 0 bridgehead atoms. The first-order valence-electron chi connectivity index (χ1n) is 12.4. The van der Waals surface area contributed by atoms with Crippen LogP contribution in [0.4, 0.5) is 0 Å². The summed E-state index contributed by atoms with van der Waals surface area (Å²) >= 11 is 1.82. The molecule has 3 aromatic heterocycles. The van der Waals surface area contributed by atoms with Gasteiger partial charge in [0.25, 0.3) is 0 Å². The second-order valence-electron chi connectivity index (χ2n) is 9.72.